The third kappa shape index (κ3) is 9.38. The van der Waals surface area contributed by atoms with Crippen LogP contribution >= 0.6 is 11.6 Å². The Kier molecular flexibility index (Phi) is 11.9. The molecule has 3 amide bonds. The van der Waals surface area contributed by atoms with E-state index in [4.69, 9.17) is 16.3 Å². The number of benzene rings is 2. The van der Waals surface area contributed by atoms with Gasteiger partial charge in [0.25, 0.3) is 5.91 Å². The van der Waals surface area contributed by atoms with Gasteiger partial charge in [0.2, 0.25) is 11.8 Å². The highest BCUT2D eigenvalue weighted by molar-refractivity contribution is 6.33. The number of carbonyl (C=O) groups excluding carboxylic acids is 5. The Morgan fingerprint density at radius 2 is 1.73 bits per heavy atom. The highest BCUT2D eigenvalue weighted by atomic mass is 35.5. The van der Waals surface area contributed by atoms with Crippen molar-refractivity contribution in [2.24, 2.45) is 5.92 Å². The summed E-state index contributed by atoms with van der Waals surface area (Å²) in [5.41, 5.74) is 0.283. The SMILES string of the molecule is COc1ccc(C(C)=O)cc1CC(=O)N[C@H](C(=O)N[C@@H](CC(=O)O)C(=O)CNC(=O)c1c(F)cccc1Cl)C(C)C. The fraction of sp³-hybridized carbons (Fsp3) is 0.357. The number of ketones is 2. The van der Waals surface area contributed by atoms with E-state index in [1.807, 2.05) is 0 Å². The average molecular weight is 592 g/mol. The molecule has 41 heavy (non-hydrogen) atoms. The van der Waals surface area contributed by atoms with Crippen LogP contribution in [-0.4, -0.2) is 66.1 Å². The van der Waals surface area contributed by atoms with Gasteiger partial charge in [-0.15, -0.1) is 0 Å². The second-order valence-electron chi connectivity index (χ2n) is 9.45. The summed E-state index contributed by atoms with van der Waals surface area (Å²) in [5, 5.41) is 16.2. The molecule has 0 aliphatic carbocycles. The maximum atomic E-state index is 14.0. The van der Waals surface area contributed by atoms with Crippen molar-refractivity contribution in [2.75, 3.05) is 13.7 Å². The van der Waals surface area contributed by atoms with Gasteiger partial charge in [-0.25, -0.2) is 4.39 Å². The molecule has 0 spiro atoms. The average Bonchev–Trinajstić information content (AvgIpc) is 2.89. The van der Waals surface area contributed by atoms with Crippen LogP contribution < -0.4 is 20.7 Å². The number of halogens is 2. The van der Waals surface area contributed by atoms with Gasteiger partial charge in [-0.05, 0) is 43.2 Å². The number of nitrogens with one attached hydrogen (secondary N) is 3. The third-order valence-corrected chi connectivity index (χ3v) is 6.32. The van der Waals surface area contributed by atoms with Gasteiger partial charge in [0.15, 0.2) is 11.6 Å². The highest BCUT2D eigenvalue weighted by Gasteiger charge is 2.30. The second kappa shape index (κ2) is 14.9. The van der Waals surface area contributed by atoms with Gasteiger partial charge >= 0.3 is 5.97 Å². The lowest BCUT2D eigenvalue weighted by atomic mass is 10.00. The maximum Gasteiger partial charge on any atom is 0.305 e. The van der Waals surface area contributed by atoms with Crippen molar-refractivity contribution in [3.05, 3.63) is 63.9 Å². The van der Waals surface area contributed by atoms with Gasteiger partial charge in [0.1, 0.15) is 17.6 Å². The first-order valence-electron chi connectivity index (χ1n) is 12.5. The summed E-state index contributed by atoms with van der Waals surface area (Å²) in [4.78, 5) is 74.3. The summed E-state index contributed by atoms with van der Waals surface area (Å²) >= 11 is 5.86. The normalized spacial score (nSPS) is 12.2. The third-order valence-electron chi connectivity index (χ3n) is 6.00. The molecule has 0 unspecified atom stereocenters. The summed E-state index contributed by atoms with van der Waals surface area (Å²) in [6, 6.07) is 5.46. The van der Waals surface area contributed by atoms with Crippen molar-refractivity contribution in [1.82, 2.24) is 16.0 Å². The molecule has 220 valence electrons. The van der Waals surface area contributed by atoms with Gasteiger partial charge in [0.05, 0.1) is 43.1 Å². The smallest absolute Gasteiger partial charge is 0.305 e. The topological polar surface area (TPSA) is 168 Å². The number of rotatable bonds is 14. The Bertz CT molecular complexity index is 1330. The number of amides is 3. The lowest BCUT2D eigenvalue weighted by molar-refractivity contribution is -0.140. The molecular formula is C28H31ClFN3O8. The number of carboxylic acid groups (broad SMARTS) is 1. The largest absolute Gasteiger partial charge is 0.496 e. The maximum absolute atomic E-state index is 14.0. The summed E-state index contributed by atoms with van der Waals surface area (Å²) in [7, 11) is 1.40. The molecule has 13 heteroatoms. The van der Waals surface area contributed by atoms with Crippen molar-refractivity contribution in [3.8, 4) is 5.75 Å². The van der Waals surface area contributed by atoms with Gasteiger partial charge in [-0.1, -0.05) is 31.5 Å². The quantitative estimate of drug-likeness (QED) is 0.243. The fourth-order valence-electron chi connectivity index (χ4n) is 3.84. The second-order valence-corrected chi connectivity index (χ2v) is 9.86. The molecule has 11 nitrogen and oxygen atoms in total. The van der Waals surface area contributed by atoms with E-state index in [9.17, 15) is 38.3 Å². The van der Waals surface area contributed by atoms with E-state index in [-0.39, 0.29) is 17.2 Å². The van der Waals surface area contributed by atoms with E-state index in [0.717, 1.165) is 6.07 Å². The fourth-order valence-corrected chi connectivity index (χ4v) is 4.09. The molecule has 0 heterocycles. The number of methoxy groups -OCH3 is 1. The van der Waals surface area contributed by atoms with Crippen LogP contribution in [-0.2, 0) is 25.6 Å². The Morgan fingerprint density at radius 3 is 2.29 bits per heavy atom. The highest BCUT2D eigenvalue weighted by Crippen LogP contribution is 2.21. The number of aliphatic carboxylic acids is 1. The van der Waals surface area contributed by atoms with Crippen molar-refractivity contribution in [3.63, 3.8) is 0 Å². The number of Topliss-reactive ketones (excluding diaryl/α,β-unsaturated/α-hetero) is 2. The molecule has 0 aliphatic rings. The summed E-state index contributed by atoms with van der Waals surface area (Å²) in [5.74, 6) is -5.95. The van der Waals surface area contributed by atoms with E-state index in [1.165, 1.54) is 32.2 Å². The lowest BCUT2D eigenvalue weighted by Crippen LogP contribution is -2.55. The van der Waals surface area contributed by atoms with E-state index in [2.05, 4.69) is 16.0 Å². The van der Waals surface area contributed by atoms with Crippen LogP contribution in [0.15, 0.2) is 36.4 Å². The van der Waals surface area contributed by atoms with Crippen LogP contribution in [0.2, 0.25) is 5.02 Å². The zero-order valence-corrected chi connectivity index (χ0v) is 23.6. The minimum atomic E-state index is -1.57. The standard InChI is InChI=1S/C28H31ClFN3O8/c1-14(2)26(33-23(36)11-17-10-16(15(3)34)8-9-22(17)41-4)28(40)32-20(12-24(37)38)21(35)13-31-27(39)25-18(29)6-5-7-19(25)30/h5-10,14,20,26H,11-13H2,1-4H3,(H,31,39)(H,32,40)(H,33,36)(H,37,38)/t20-,26-/m0/s1. The van der Waals surface area contributed by atoms with E-state index in [0.29, 0.717) is 16.9 Å². The molecule has 0 radical (unpaired) electrons. The molecule has 0 bridgehead atoms. The zero-order valence-electron chi connectivity index (χ0n) is 22.9. The molecular weight excluding hydrogens is 561 g/mol. The van der Waals surface area contributed by atoms with Gasteiger partial charge in [-0.2, -0.15) is 0 Å². The van der Waals surface area contributed by atoms with Crippen LogP contribution in [0.5, 0.6) is 5.75 Å². The van der Waals surface area contributed by atoms with Crippen LogP contribution in [0.1, 0.15) is 53.5 Å². The Labute approximate surface area is 240 Å². The number of carbonyl (C=O) groups is 6. The molecule has 0 aromatic heterocycles. The van der Waals surface area contributed by atoms with Gasteiger partial charge in [0, 0.05) is 11.1 Å². The van der Waals surface area contributed by atoms with Gasteiger partial charge < -0.3 is 25.8 Å². The monoisotopic (exact) mass is 591 g/mol. The molecule has 0 saturated carbocycles. The number of hydrogen-bond acceptors (Lipinski definition) is 7. The molecule has 4 N–H and O–H groups in total. The summed E-state index contributed by atoms with van der Waals surface area (Å²) in [6.07, 6.45) is -1.04. The summed E-state index contributed by atoms with van der Waals surface area (Å²) < 4.78 is 19.3. The molecule has 0 aliphatic heterocycles. The molecule has 2 aromatic carbocycles. The Hall–Kier alpha value is -4.32. The molecule has 2 rings (SSSR count). The summed E-state index contributed by atoms with van der Waals surface area (Å²) in [6.45, 7) is 3.91. The predicted molar refractivity (Wildman–Crippen MR) is 146 cm³/mol. The van der Waals surface area contributed by atoms with Crippen LogP contribution in [0.25, 0.3) is 0 Å². The van der Waals surface area contributed by atoms with Crippen molar-refractivity contribution >= 4 is 46.9 Å². The molecule has 0 saturated heterocycles. The van der Waals surface area contributed by atoms with Gasteiger partial charge in [-0.3, -0.25) is 28.8 Å². The van der Waals surface area contributed by atoms with E-state index < -0.39 is 71.8 Å². The van der Waals surface area contributed by atoms with E-state index in [1.54, 1.807) is 26.0 Å². The molecule has 0 fully saturated rings. The van der Waals surface area contributed by atoms with E-state index >= 15 is 0 Å². The van der Waals surface area contributed by atoms with Crippen molar-refractivity contribution in [1.29, 1.82) is 0 Å². The first-order chi connectivity index (χ1) is 19.2. The minimum absolute atomic E-state index is 0.188. The van der Waals surface area contributed by atoms with Crippen molar-refractivity contribution < 1.29 is 43.0 Å². The first kappa shape index (κ1) is 32.9. The predicted octanol–water partition coefficient (Wildman–Crippen LogP) is 2.33. The first-order valence-corrected chi connectivity index (χ1v) is 12.9. The Balaban J connectivity index is 2.13. The zero-order chi connectivity index (χ0) is 30.9. The van der Waals surface area contributed by atoms with Crippen LogP contribution in [0.4, 0.5) is 4.39 Å². The number of carboxylic acids is 1. The lowest BCUT2D eigenvalue weighted by Gasteiger charge is -2.25. The Morgan fingerprint density at radius 1 is 1.05 bits per heavy atom. The molecule has 2 atom stereocenters. The number of hydrogen-bond donors (Lipinski definition) is 4. The van der Waals surface area contributed by atoms with Crippen molar-refractivity contribution in [2.45, 2.75) is 45.7 Å². The van der Waals surface area contributed by atoms with Crippen LogP contribution in [0, 0.1) is 11.7 Å². The minimum Gasteiger partial charge on any atom is -0.496 e. The van der Waals surface area contributed by atoms with Crippen LogP contribution in [0.3, 0.4) is 0 Å². The molecule has 2 aromatic rings. The number of ether oxygens (including phenoxy) is 1.